The van der Waals surface area contributed by atoms with Gasteiger partial charge in [-0.15, -0.1) is 0 Å². The van der Waals surface area contributed by atoms with Crippen LogP contribution in [0.5, 0.6) is 5.75 Å². The summed E-state index contributed by atoms with van der Waals surface area (Å²) in [7, 11) is -3.79. The van der Waals surface area contributed by atoms with Gasteiger partial charge >= 0.3 is 6.11 Å². The summed E-state index contributed by atoms with van der Waals surface area (Å²) in [6, 6.07) is 11.5. The number of carboxylic acid groups (broad SMARTS) is 1. The zero-order valence-electron chi connectivity index (χ0n) is 10.9. The second-order valence-electron chi connectivity index (χ2n) is 4.19. The molecule has 5 nitrogen and oxygen atoms in total. The number of carboxylic acids is 1. The Bertz CT molecular complexity index is 771. The van der Waals surface area contributed by atoms with E-state index in [2.05, 4.69) is 4.74 Å². The molecule has 0 saturated carbocycles. The second-order valence-corrected chi connectivity index (χ2v) is 6.14. The average molecular weight is 327 g/mol. The fourth-order valence-corrected chi connectivity index (χ4v) is 2.89. The molecule has 0 unspecified atom stereocenters. The van der Waals surface area contributed by atoms with E-state index >= 15 is 0 Å². The fourth-order valence-electron chi connectivity index (χ4n) is 1.61. The van der Waals surface area contributed by atoms with E-state index in [0.717, 1.165) is 24.3 Å². The molecule has 0 aromatic heterocycles. The number of carbonyl (C=O) groups excluding carboxylic acids is 1. The van der Waals surface area contributed by atoms with Crippen LogP contribution < -0.4 is 9.84 Å². The van der Waals surface area contributed by atoms with E-state index in [1.165, 1.54) is 12.1 Å². The highest BCUT2D eigenvalue weighted by atomic mass is 32.2. The predicted molar refractivity (Wildman–Crippen MR) is 68.9 cm³/mol. The molecule has 2 rings (SSSR count). The number of hydrogen-bond acceptors (Lipinski definition) is 5. The van der Waals surface area contributed by atoms with E-state index in [1.807, 2.05) is 0 Å². The minimum atomic E-state index is -4.50. The number of halogens is 2. The Labute approximate surface area is 124 Å². The normalized spacial score (nSPS) is 11.9. The van der Waals surface area contributed by atoms with Gasteiger partial charge in [0.2, 0.25) is 9.84 Å². The molecule has 0 amide bonds. The standard InChI is InChI=1S/C14H10F2O5S/c15-14(16,13(17)18)21-10-6-8-12(9-7-10)22(19,20)11-4-2-1-3-5-11/h1-9H,(H,17,18)/p-1. The van der Waals surface area contributed by atoms with Crippen molar-refractivity contribution in [3.63, 3.8) is 0 Å². The van der Waals surface area contributed by atoms with Crippen molar-refractivity contribution in [2.45, 2.75) is 15.9 Å². The van der Waals surface area contributed by atoms with Gasteiger partial charge in [-0.2, -0.15) is 8.78 Å². The average Bonchev–Trinajstić information content (AvgIpc) is 2.48. The van der Waals surface area contributed by atoms with Crippen molar-refractivity contribution in [1.82, 2.24) is 0 Å². The molecular formula is C14H9F2O5S-. The Morgan fingerprint density at radius 2 is 1.45 bits per heavy atom. The van der Waals surface area contributed by atoms with Crippen molar-refractivity contribution in [1.29, 1.82) is 0 Å². The maximum absolute atomic E-state index is 12.8. The molecule has 0 saturated heterocycles. The number of hydrogen-bond donors (Lipinski definition) is 0. The molecule has 0 radical (unpaired) electrons. The number of carbonyl (C=O) groups is 1. The van der Waals surface area contributed by atoms with Crippen LogP contribution in [0.4, 0.5) is 8.78 Å². The van der Waals surface area contributed by atoms with Crippen LogP contribution in [0.2, 0.25) is 0 Å². The number of ether oxygens (including phenoxy) is 1. The molecule has 0 N–H and O–H groups in total. The lowest BCUT2D eigenvalue weighted by Crippen LogP contribution is -2.45. The van der Waals surface area contributed by atoms with Gasteiger partial charge in [0.25, 0.3) is 0 Å². The number of benzene rings is 2. The Balaban J connectivity index is 2.28. The van der Waals surface area contributed by atoms with Gasteiger partial charge in [0.1, 0.15) is 5.75 Å². The zero-order chi connectivity index (χ0) is 16.4. The highest BCUT2D eigenvalue weighted by Gasteiger charge is 2.34. The first kappa shape index (κ1) is 15.9. The molecule has 22 heavy (non-hydrogen) atoms. The molecule has 0 aliphatic carbocycles. The molecule has 8 heteroatoms. The van der Waals surface area contributed by atoms with Crippen LogP contribution in [-0.4, -0.2) is 20.5 Å². The molecule has 0 spiro atoms. The van der Waals surface area contributed by atoms with Crippen molar-refractivity contribution < 1.29 is 31.8 Å². The van der Waals surface area contributed by atoms with Gasteiger partial charge in [0.15, 0.2) is 5.97 Å². The van der Waals surface area contributed by atoms with Crippen LogP contribution in [0.1, 0.15) is 0 Å². The summed E-state index contributed by atoms with van der Waals surface area (Å²) in [6.45, 7) is 0. The van der Waals surface area contributed by atoms with Crippen molar-refractivity contribution in [2.24, 2.45) is 0 Å². The lowest BCUT2D eigenvalue weighted by Gasteiger charge is -2.18. The third-order valence-corrected chi connectivity index (χ3v) is 4.46. The summed E-state index contributed by atoms with van der Waals surface area (Å²) in [5, 5.41) is 10.2. The lowest BCUT2D eigenvalue weighted by atomic mass is 10.3. The Kier molecular flexibility index (Phi) is 4.14. The summed E-state index contributed by atoms with van der Waals surface area (Å²) in [6.07, 6.45) is -4.50. The molecule has 2 aromatic rings. The number of sulfone groups is 1. The van der Waals surface area contributed by atoms with Gasteiger partial charge in [-0.1, -0.05) is 18.2 Å². The van der Waals surface area contributed by atoms with Crippen LogP contribution in [0, 0.1) is 0 Å². The highest BCUT2D eigenvalue weighted by molar-refractivity contribution is 7.91. The molecule has 0 bridgehead atoms. The summed E-state index contributed by atoms with van der Waals surface area (Å²) in [4.78, 5) is 10.1. The molecule has 0 aliphatic heterocycles. The van der Waals surface area contributed by atoms with Crippen LogP contribution >= 0.6 is 0 Å². The Morgan fingerprint density at radius 3 is 1.95 bits per heavy atom. The van der Waals surface area contributed by atoms with E-state index in [1.54, 1.807) is 18.2 Å². The molecule has 0 atom stereocenters. The SMILES string of the molecule is O=C([O-])C(F)(F)Oc1ccc(S(=O)(=O)c2ccccc2)cc1. The smallest absolute Gasteiger partial charge is 0.441 e. The van der Waals surface area contributed by atoms with Gasteiger partial charge in [0, 0.05) is 0 Å². The first-order valence-electron chi connectivity index (χ1n) is 5.92. The van der Waals surface area contributed by atoms with Crippen molar-refractivity contribution in [3.05, 3.63) is 54.6 Å². The molecule has 0 aliphatic rings. The fraction of sp³-hybridized carbons (Fsp3) is 0.0714. The predicted octanol–water partition coefficient (Wildman–Crippen LogP) is 1.24. The topological polar surface area (TPSA) is 83.5 Å². The van der Waals surface area contributed by atoms with Crippen molar-refractivity contribution in [2.75, 3.05) is 0 Å². The van der Waals surface area contributed by atoms with Gasteiger partial charge in [0.05, 0.1) is 9.79 Å². The third kappa shape index (κ3) is 3.22. The lowest BCUT2D eigenvalue weighted by molar-refractivity contribution is -0.350. The second kappa shape index (κ2) is 5.72. The minimum Gasteiger partial charge on any atom is -0.541 e. The Hall–Kier alpha value is -2.48. The van der Waals surface area contributed by atoms with Crippen molar-refractivity contribution in [3.8, 4) is 5.75 Å². The highest BCUT2D eigenvalue weighted by Crippen LogP contribution is 2.25. The van der Waals surface area contributed by atoms with E-state index in [9.17, 15) is 27.1 Å². The monoisotopic (exact) mass is 327 g/mol. The van der Waals surface area contributed by atoms with Gasteiger partial charge in [-0.25, -0.2) is 8.42 Å². The van der Waals surface area contributed by atoms with E-state index in [-0.39, 0.29) is 9.79 Å². The minimum absolute atomic E-state index is 0.0451. The number of rotatable bonds is 5. The van der Waals surface area contributed by atoms with Crippen LogP contribution in [0.25, 0.3) is 0 Å². The van der Waals surface area contributed by atoms with Gasteiger partial charge in [-0.3, -0.25) is 0 Å². The summed E-state index contributed by atoms with van der Waals surface area (Å²) in [5.74, 6) is -3.19. The largest absolute Gasteiger partial charge is 0.541 e. The molecule has 0 heterocycles. The first-order chi connectivity index (χ1) is 10.2. The van der Waals surface area contributed by atoms with E-state index in [0.29, 0.717) is 0 Å². The van der Waals surface area contributed by atoms with Gasteiger partial charge in [-0.05, 0) is 36.4 Å². The maximum Gasteiger partial charge on any atom is 0.441 e. The third-order valence-electron chi connectivity index (χ3n) is 2.67. The number of aliphatic carboxylic acids is 1. The quantitative estimate of drug-likeness (QED) is 0.825. The van der Waals surface area contributed by atoms with E-state index in [4.69, 9.17) is 0 Å². The zero-order valence-corrected chi connectivity index (χ0v) is 11.7. The molecule has 116 valence electrons. The molecule has 0 fully saturated rings. The van der Waals surface area contributed by atoms with Crippen molar-refractivity contribution >= 4 is 15.8 Å². The summed E-state index contributed by atoms with van der Waals surface area (Å²) < 4.78 is 54.1. The maximum atomic E-state index is 12.8. The first-order valence-corrected chi connectivity index (χ1v) is 7.40. The van der Waals surface area contributed by atoms with Gasteiger partial charge < -0.3 is 14.6 Å². The van der Waals surface area contributed by atoms with Crippen LogP contribution in [-0.2, 0) is 14.6 Å². The number of alkyl halides is 2. The molecular weight excluding hydrogens is 318 g/mol. The van der Waals surface area contributed by atoms with E-state index < -0.39 is 27.7 Å². The Morgan fingerprint density at radius 1 is 0.955 bits per heavy atom. The summed E-state index contributed by atoms with van der Waals surface area (Å²) >= 11 is 0. The summed E-state index contributed by atoms with van der Waals surface area (Å²) in [5.41, 5.74) is 0. The molecule has 2 aromatic carbocycles. The van der Waals surface area contributed by atoms with Crippen LogP contribution in [0.3, 0.4) is 0 Å². The van der Waals surface area contributed by atoms with Crippen LogP contribution in [0.15, 0.2) is 64.4 Å².